The average molecular weight is 445 g/mol. The molecule has 0 radical (unpaired) electrons. The summed E-state index contributed by atoms with van der Waals surface area (Å²) in [6.07, 6.45) is 4.30. The van der Waals surface area contributed by atoms with Crippen LogP contribution >= 0.6 is 0 Å². The van der Waals surface area contributed by atoms with Crippen molar-refractivity contribution in [3.63, 3.8) is 0 Å². The molecule has 0 unspecified atom stereocenters. The van der Waals surface area contributed by atoms with Crippen LogP contribution in [0.15, 0.2) is 66.7 Å². The Kier molecular flexibility index (Phi) is 7.28. The third-order valence-electron chi connectivity index (χ3n) is 6.41. The molecule has 1 aliphatic carbocycles. The molecule has 0 aliphatic heterocycles. The third kappa shape index (κ3) is 5.72. The Balaban J connectivity index is 1.50. The Bertz CT molecular complexity index is 1120. The largest absolute Gasteiger partial charge is 0.483 e. The van der Waals surface area contributed by atoms with Gasteiger partial charge in [0.2, 0.25) is 5.91 Å². The SMILES string of the molecule is Cc1cccc(CN(C(=O)COc2cccc3ccccc23)[C@@H](C)C(=O)NC2CCCC2)c1. The van der Waals surface area contributed by atoms with Gasteiger partial charge in [0.1, 0.15) is 11.8 Å². The maximum absolute atomic E-state index is 13.3. The molecule has 2 amide bonds. The van der Waals surface area contributed by atoms with E-state index in [1.807, 2.05) is 73.7 Å². The van der Waals surface area contributed by atoms with Crippen molar-refractivity contribution in [2.24, 2.45) is 0 Å². The quantitative estimate of drug-likeness (QED) is 0.532. The zero-order chi connectivity index (χ0) is 23.2. The van der Waals surface area contributed by atoms with E-state index in [4.69, 9.17) is 4.74 Å². The molecule has 1 saturated carbocycles. The van der Waals surface area contributed by atoms with Crippen LogP contribution in [0.2, 0.25) is 0 Å². The van der Waals surface area contributed by atoms with E-state index in [0.717, 1.165) is 47.6 Å². The van der Waals surface area contributed by atoms with Gasteiger partial charge in [-0.25, -0.2) is 0 Å². The number of ether oxygens (including phenoxy) is 1. The normalized spacial score (nSPS) is 14.7. The summed E-state index contributed by atoms with van der Waals surface area (Å²) < 4.78 is 5.96. The standard InChI is InChI=1S/C28H32N2O3/c1-20-9-7-10-22(17-20)18-30(21(2)28(32)29-24-13-4-5-14-24)27(31)19-33-26-16-8-12-23-11-3-6-15-25(23)26/h3,6-12,15-17,21,24H,4-5,13-14,18-19H2,1-2H3,(H,29,32)/t21-/m0/s1. The summed E-state index contributed by atoms with van der Waals surface area (Å²) >= 11 is 0. The van der Waals surface area contributed by atoms with Crippen LogP contribution in [0.5, 0.6) is 5.75 Å². The predicted octanol–water partition coefficient (Wildman–Crippen LogP) is 5.00. The predicted molar refractivity (Wildman–Crippen MR) is 131 cm³/mol. The van der Waals surface area contributed by atoms with Gasteiger partial charge in [-0.05, 0) is 43.7 Å². The van der Waals surface area contributed by atoms with Crippen LogP contribution in [0.1, 0.15) is 43.7 Å². The highest BCUT2D eigenvalue weighted by Gasteiger charge is 2.28. The topological polar surface area (TPSA) is 58.6 Å². The third-order valence-corrected chi connectivity index (χ3v) is 6.41. The van der Waals surface area contributed by atoms with E-state index in [9.17, 15) is 9.59 Å². The van der Waals surface area contributed by atoms with Crippen molar-refractivity contribution < 1.29 is 14.3 Å². The maximum atomic E-state index is 13.3. The van der Waals surface area contributed by atoms with Crippen LogP contribution in [-0.2, 0) is 16.1 Å². The highest BCUT2D eigenvalue weighted by molar-refractivity contribution is 5.90. The number of carbonyl (C=O) groups is 2. The zero-order valence-electron chi connectivity index (χ0n) is 19.4. The number of carbonyl (C=O) groups excluding carboxylic acids is 2. The molecular weight excluding hydrogens is 412 g/mol. The highest BCUT2D eigenvalue weighted by atomic mass is 16.5. The van der Waals surface area contributed by atoms with Crippen molar-refractivity contribution in [3.8, 4) is 5.75 Å². The number of rotatable bonds is 8. The smallest absolute Gasteiger partial charge is 0.261 e. The minimum absolute atomic E-state index is 0.104. The van der Waals surface area contributed by atoms with E-state index in [0.29, 0.717) is 12.3 Å². The minimum atomic E-state index is -0.588. The van der Waals surface area contributed by atoms with Gasteiger partial charge in [-0.2, -0.15) is 0 Å². The minimum Gasteiger partial charge on any atom is -0.483 e. The lowest BCUT2D eigenvalue weighted by Gasteiger charge is -2.30. The van der Waals surface area contributed by atoms with Gasteiger partial charge in [0, 0.05) is 18.0 Å². The van der Waals surface area contributed by atoms with Gasteiger partial charge < -0.3 is 15.0 Å². The molecule has 0 aromatic heterocycles. The van der Waals surface area contributed by atoms with Gasteiger partial charge in [0.25, 0.3) is 5.91 Å². The fourth-order valence-electron chi connectivity index (χ4n) is 4.53. The second kappa shape index (κ2) is 10.5. The van der Waals surface area contributed by atoms with Crippen molar-refractivity contribution in [1.29, 1.82) is 0 Å². The molecule has 5 nitrogen and oxygen atoms in total. The Morgan fingerprint density at radius 1 is 1.03 bits per heavy atom. The molecule has 33 heavy (non-hydrogen) atoms. The maximum Gasteiger partial charge on any atom is 0.261 e. The number of benzene rings is 3. The van der Waals surface area contributed by atoms with E-state index >= 15 is 0 Å². The van der Waals surface area contributed by atoms with Gasteiger partial charge >= 0.3 is 0 Å². The van der Waals surface area contributed by atoms with Crippen LogP contribution in [0.4, 0.5) is 0 Å². The molecule has 1 aliphatic rings. The van der Waals surface area contributed by atoms with Crippen molar-refractivity contribution in [2.45, 2.75) is 58.2 Å². The van der Waals surface area contributed by atoms with Gasteiger partial charge in [-0.3, -0.25) is 9.59 Å². The number of nitrogens with zero attached hydrogens (tertiary/aromatic N) is 1. The van der Waals surface area contributed by atoms with Crippen molar-refractivity contribution >= 4 is 22.6 Å². The fraction of sp³-hybridized carbons (Fsp3) is 0.357. The molecule has 5 heteroatoms. The number of hydrogen-bond acceptors (Lipinski definition) is 3. The number of fused-ring (bicyclic) bond motifs is 1. The van der Waals surface area contributed by atoms with E-state index in [2.05, 4.69) is 5.32 Å². The molecule has 172 valence electrons. The van der Waals surface area contributed by atoms with Gasteiger partial charge in [-0.1, -0.05) is 79.1 Å². The molecule has 1 N–H and O–H groups in total. The number of hydrogen-bond donors (Lipinski definition) is 1. The number of nitrogens with one attached hydrogen (secondary N) is 1. The van der Waals surface area contributed by atoms with Crippen LogP contribution in [0.3, 0.4) is 0 Å². The van der Waals surface area contributed by atoms with Crippen molar-refractivity contribution in [2.75, 3.05) is 6.61 Å². The first-order valence-corrected chi connectivity index (χ1v) is 11.8. The van der Waals surface area contributed by atoms with Crippen molar-refractivity contribution in [1.82, 2.24) is 10.2 Å². The lowest BCUT2D eigenvalue weighted by Crippen LogP contribution is -2.50. The van der Waals surface area contributed by atoms with Crippen LogP contribution in [-0.4, -0.2) is 35.4 Å². The molecule has 0 spiro atoms. The molecule has 4 rings (SSSR count). The summed E-state index contributed by atoms with van der Waals surface area (Å²) in [6.45, 7) is 4.06. The van der Waals surface area contributed by atoms with Gasteiger partial charge in [0.15, 0.2) is 6.61 Å². The Labute approximate surface area is 195 Å². The van der Waals surface area contributed by atoms with E-state index in [1.165, 1.54) is 0 Å². The van der Waals surface area contributed by atoms with Gasteiger partial charge in [-0.15, -0.1) is 0 Å². The molecule has 0 heterocycles. The number of aryl methyl sites for hydroxylation is 1. The average Bonchev–Trinajstić information content (AvgIpc) is 3.33. The first-order chi connectivity index (χ1) is 16.0. The lowest BCUT2D eigenvalue weighted by molar-refractivity contribution is -0.142. The molecule has 3 aromatic rings. The molecule has 1 atom stereocenters. The second-order valence-electron chi connectivity index (χ2n) is 8.94. The van der Waals surface area contributed by atoms with E-state index in [1.54, 1.807) is 11.8 Å². The summed E-state index contributed by atoms with van der Waals surface area (Å²) in [5.74, 6) is 0.353. The molecular formula is C28H32N2O3. The Morgan fingerprint density at radius 3 is 2.55 bits per heavy atom. The molecule has 1 fully saturated rings. The summed E-state index contributed by atoms with van der Waals surface area (Å²) in [4.78, 5) is 28.0. The first-order valence-electron chi connectivity index (χ1n) is 11.8. The van der Waals surface area contributed by atoms with Gasteiger partial charge in [0.05, 0.1) is 0 Å². The monoisotopic (exact) mass is 444 g/mol. The molecule has 3 aromatic carbocycles. The second-order valence-corrected chi connectivity index (χ2v) is 8.94. The summed E-state index contributed by atoms with van der Waals surface area (Å²) in [5.41, 5.74) is 2.11. The van der Waals surface area contributed by atoms with Crippen LogP contribution in [0.25, 0.3) is 10.8 Å². The van der Waals surface area contributed by atoms with Crippen LogP contribution in [0, 0.1) is 6.92 Å². The van der Waals surface area contributed by atoms with E-state index in [-0.39, 0.29) is 24.5 Å². The number of amides is 2. The summed E-state index contributed by atoms with van der Waals surface area (Å²) in [5, 5.41) is 5.16. The molecule has 0 bridgehead atoms. The molecule has 0 saturated heterocycles. The Morgan fingerprint density at radius 2 is 1.76 bits per heavy atom. The van der Waals surface area contributed by atoms with Crippen LogP contribution < -0.4 is 10.1 Å². The van der Waals surface area contributed by atoms with Crippen molar-refractivity contribution in [3.05, 3.63) is 77.9 Å². The highest BCUT2D eigenvalue weighted by Crippen LogP contribution is 2.25. The fourth-order valence-corrected chi connectivity index (χ4v) is 4.53. The zero-order valence-corrected chi connectivity index (χ0v) is 19.4. The first kappa shape index (κ1) is 22.8. The summed E-state index contributed by atoms with van der Waals surface area (Å²) in [7, 11) is 0. The van der Waals surface area contributed by atoms with E-state index < -0.39 is 6.04 Å². The Hall–Kier alpha value is -3.34. The summed E-state index contributed by atoms with van der Waals surface area (Å²) in [6, 6.07) is 21.4. The lowest BCUT2D eigenvalue weighted by atomic mass is 10.1.